The Morgan fingerprint density at radius 3 is 3.00 bits per heavy atom. The van der Waals surface area contributed by atoms with E-state index >= 15 is 0 Å². The summed E-state index contributed by atoms with van der Waals surface area (Å²) in [4.78, 5) is 0. The Bertz CT molecular complexity index is 81.1. The molecular formula is C6H14N2S. The maximum Gasteiger partial charge on any atom is 0.0541 e. The molecule has 0 amide bonds. The van der Waals surface area contributed by atoms with Crippen molar-refractivity contribution < 1.29 is 0 Å². The Kier molecular flexibility index (Phi) is 2.82. The largest absolute Gasteiger partial charge is 0.316 e. The highest BCUT2D eigenvalue weighted by Crippen LogP contribution is 2.14. The van der Waals surface area contributed by atoms with Crippen LogP contribution < -0.4 is 10.6 Å². The quantitative estimate of drug-likeness (QED) is 0.379. The molecule has 0 aromatic heterocycles. The predicted molar refractivity (Wildman–Crippen MR) is 42.8 cm³/mol. The molecule has 0 aliphatic carbocycles. The molecule has 2 atom stereocenters. The number of hydrogen-bond acceptors (Lipinski definition) is 3. The Labute approximate surface area is 61.8 Å². The highest BCUT2D eigenvalue weighted by atomic mass is 32.1. The SMILES string of the molecule is CNC(S)C1CCNC1. The molecule has 0 aromatic carbocycles. The predicted octanol–water partition coefficient (Wildman–Crippen LogP) is 0.0712. The smallest absolute Gasteiger partial charge is 0.0541 e. The van der Waals surface area contributed by atoms with Gasteiger partial charge in [-0.1, -0.05) is 0 Å². The number of rotatable bonds is 2. The monoisotopic (exact) mass is 146 g/mol. The van der Waals surface area contributed by atoms with Crippen LogP contribution in [0, 0.1) is 5.92 Å². The fourth-order valence-corrected chi connectivity index (χ4v) is 1.44. The second-order valence-electron chi connectivity index (χ2n) is 2.49. The summed E-state index contributed by atoms with van der Waals surface area (Å²) in [6, 6.07) is 0. The minimum Gasteiger partial charge on any atom is -0.316 e. The number of hydrogen-bond donors (Lipinski definition) is 3. The minimum absolute atomic E-state index is 0.375. The first kappa shape index (κ1) is 7.38. The van der Waals surface area contributed by atoms with Crippen molar-refractivity contribution >= 4 is 12.6 Å². The van der Waals surface area contributed by atoms with Crippen LogP contribution in [-0.2, 0) is 0 Å². The molecule has 2 nitrogen and oxygen atoms in total. The van der Waals surface area contributed by atoms with E-state index in [1.54, 1.807) is 0 Å². The average Bonchev–Trinajstić information content (AvgIpc) is 2.37. The van der Waals surface area contributed by atoms with Crippen LogP contribution in [-0.4, -0.2) is 25.5 Å². The molecule has 1 aliphatic rings. The molecule has 0 aromatic rings. The van der Waals surface area contributed by atoms with E-state index in [1.165, 1.54) is 6.42 Å². The van der Waals surface area contributed by atoms with Crippen molar-refractivity contribution in [1.82, 2.24) is 10.6 Å². The van der Waals surface area contributed by atoms with Gasteiger partial charge >= 0.3 is 0 Å². The fourth-order valence-electron chi connectivity index (χ4n) is 1.18. The molecule has 1 fully saturated rings. The molecule has 2 N–H and O–H groups in total. The van der Waals surface area contributed by atoms with Gasteiger partial charge in [0.15, 0.2) is 0 Å². The van der Waals surface area contributed by atoms with Crippen LogP contribution in [0.2, 0.25) is 0 Å². The lowest BCUT2D eigenvalue weighted by molar-refractivity contribution is 0.510. The van der Waals surface area contributed by atoms with Crippen molar-refractivity contribution in [2.75, 3.05) is 20.1 Å². The molecule has 0 saturated carbocycles. The van der Waals surface area contributed by atoms with Crippen molar-refractivity contribution in [3.63, 3.8) is 0 Å². The Balaban J connectivity index is 2.24. The first-order valence-electron chi connectivity index (χ1n) is 3.40. The lowest BCUT2D eigenvalue weighted by Crippen LogP contribution is -2.29. The van der Waals surface area contributed by atoms with E-state index in [9.17, 15) is 0 Å². The van der Waals surface area contributed by atoms with Crippen LogP contribution in [0.25, 0.3) is 0 Å². The number of thiol groups is 1. The van der Waals surface area contributed by atoms with E-state index in [2.05, 4.69) is 23.3 Å². The van der Waals surface area contributed by atoms with Crippen molar-refractivity contribution in [3.05, 3.63) is 0 Å². The van der Waals surface area contributed by atoms with Crippen LogP contribution in [0.4, 0.5) is 0 Å². The van der Waals surface area contributed by atoms with Crippen LogP contribution in [0.15, 0.2) is 0 Å². The summed E-state index contributed by atoms with van der Waals surface area (Å²) in [5, 5.41) is 6.80. The van der Waals surface area contributed by atoms with E-state index in [1.807, 2.05) is 7.05 Å². The molecule has 0 bridgehead atoms. The van der Waals surface area contributed by atoms with E-state index in [0.717, 1.165) is 19.0 Å². The van der Waals surface area contributed by atoms with Crippen LogP contribution >= 0.6 is 12.6 Å². The molecule has 1 saturated heterocycles. The zero-order valence-corrected chi connectivity index (χ0v) is 6.62. The maximum absolute atomic E-state index is 4.37. The highest BCUT2D eigenvalue weighted by molar-refractivity contribution is 7.80. The van der Waals surface area contributed by atoms with E-state index in [-0.39, 0.29) is 0 Å². The summed E-state index contributed by atoms with van der Waals surface area (Å²) < 4.78 is 0. The van der Waals surface area contributed by atoms with Crippen LogP contribution in [0.1, 0.15) is 6.42 Å². The van der Waals surface area contributed by atoms with Crippen LogP contribution in [0.3, 0.4) is 0 Å². The Morgan fingerprint density at radius 2 is 2.56 bits per heavy atom. The second-order valence-corrected chi connectivity index (χ2v) is 3.04. The van der Waals surface area contributed by atoms with Gasteiger partial charge in [0.2, 0.25) is 0 Å². The van der Waals surface area contributed by atoms with Gasteiger partial charge in [-0.3, -0.25) is 0 Å². The summed E-state index contributed by atoms with van der Waals surface area (Å²) in [6.07, 6.45) is 1.26. The second kappa shape index (κ2) is 3.44. The van der Waals surface area contributed by atoms with Gasteiger partial charge in [0.05, 0.1) is 5.37 Å². The molecule has 0 spiro atoms. The van der Waals surface area contributed by atoms with Gasteiger partial charge in [0, 0.05) is 6.54 Å². The standard InChI is InChI=1S/C6H14N2S/c1-7-6(9)5-2-3-8-4-5/h5-9H,2-4H2,1H3. The molecule has 2 unspecified atom stereocenters. The molecule has 54 valence electrons. The Hall–Kier alpha value is 0.270. The van der Waals surface area contributed by atoms with E-state index < -0.39 is 0 Å². The lowest BCUT2D eigenvalue weighted by Gasteiger charge is -2.15. The van der Waals surface area contributed by atoms with E-state index in [4.69, 9.17) is 0 Å². The van der Waals surface area contributed by atoms with Crippen molar-refractivity contribution in [1.29, 1.82) is 0 Å². The third kappa shape index (κ3) is 1.85. The molecular weight excluding hydrogens is 132 g/mol. The fraction of sp³-hybridized carbons (Fsp3) is 1.00. The molecule has 1 aliphatic heterocycles. The molecule has 9 heavy (non-hydrogen) atoms. The van der Waals surface area contributed by atoms with Gasteiger partial charge in [0.1, 0.15) is 0 Å². The Morgan fingerprint density at radius 1 is 1.78 bits per heavy atom. The van der Waals surface area contributed by atoms with Gasteiger partial charge in [-0.25, -0.2) is 0 Å². The van der Waals surface area contributed by atoms with Gasteiger partial charge in [0.25, 0.3) is 0 Å². The van der Waals surface area contributed by atoms with Gasteiger partial charge in [-0.15, -0.1) is 0 Å². The topological polar surface area (TPSA) is 24.1 Å². The summed E-state index contributed by atoms with van der Waals surface area (Å²) >= 11 is 4.37. The average molecular weight is 146 g/mol. The minimum atomic E-state index is 0.375. The summed E-state index contributed by atoms with van der Waals surface area (Å²) in [5.41, 5.74) is 0. The van der Waals surface area contributed by atoms with Crippen molar-refractivity contribution in [2.24, 2.45) is 5.92 Å². The summed E-state index contributed by atoms with van der Waals surface area (Å²) in [5.74, 6) is 0.721. The summed E-state index contributed by atoms with van der Waals surface area (Å²) in [7, 11) is 1.95. The summed E-state index contributed by atoms with van der Waals surface area (Å²) in [6.45, 7) is 2.28. The third-order valence-corrected chi connectivity index (χ3v) is 2.52. The van der Waals surface area contributed by atoms with Gasteiger partial charge < -0.3 is 10.6 Å². The first-order chi connectivity index (χ1) is 4.34. The van der Waals surface area contributed by atoms with E-state index in [0.29, 0.717) is 5.37 Å². The molecule has 1 rings (SSSR count). The third-order valence-electron chi connectivity index (χ3n) is 1.84. The zero-order valence-electron chi connectivity index (χ0n) is 5.72. The van der Waals surface area contributed by atoms with Gasteiger partial charge in [-0.05, 0) is 25.9 Å². The zero-order chi connectivity index (χ0) is 6.69. The van der Waals surface area contributed by atoms with Crippen molar-refractivity contribution in [2.45, 2.75) is 11.8 Å². The maximum atomic E-state index is 4.37. The molecule has 1 heterocycles. The lowest BCUT2D eigenvalue weighted by atomic mass is 10.1. The first-order valence-corrected chi connectivity index (χ1v) is 3.92. The highest BCUT2D eigenvalue weighted by Gasteiger charge is 2.19. The van der Waals surface area contributed by atoms with Gasteiger partial charge in [-0.2, -0.15) is 12.6 Å². The van der Waals surface area contributed by atoms with Crippen molar-refractivity contribution in [3.8, 4) is 0 Å². The number of nitrogens with one attached hydrogen (secondary N) is 2. The normalized spacial score (nSPS) is 30.7. The van der Waals surface area contributed by atoms with Crippen LogP contribution in [0.5, 0.6) is 0 Å². The molecule has 0 radical (unpaired) electrons. The molecule has 3 heteroatoms.